The molecule has 1 aromatic carbocycles. The van der Waals surface area contributed by atoms with Crippen molar-refractivity contribution in [2.24, 2.45) is 29.4 Å². The second-order valence-corrected chi connectivity index (χ2v) is 8.75. The number of ketones is 4. The molecule has 5 N–H and O–H groups in total. The molecule has 0 saturated heterocycles. The molecule has 0 heterocycles. The van der Waals surface area contributed by atoms with Gasteiger partial charge in [0.15, 0.2) is 34.7 Å². The third kappa shape index (κ3) is 2.48. The number of aliphatic hydroxyl groups excluding tert-OH is 1. The minimum atomic E-state index is -3.01. The van der Waals surface area contributed by atoms with Crippen molar-refractivity contribution in [1.29, 1.82) is 0 Å². The molecule has 0 aromatic heterocycles. The number of Topliss-reactive ketones (excluding diaryl/α,β-unsaturated/α-hetero) is 4. The van der Waals surface area contributed by atoms with Crippen LogP contribution in [-0.4, -0.2) is 81.1 Å². The van der Waals surface area contributed by atoms with Crippen LogP contribution >= 0.6 is 0 Å². The second kappa shape index (κ2) is 6.89. The van der Waals surface area contributed by atoms with Crippen molar-refractivity contribution >= 4 is 34.6 Å². The van der Waals surface area contributed by atoms with Gasteiger partial charge in [0.2, 0.25) is 5.91 Å². The van der Waals surface area contributed by atoms with Gasteiger partial charge in [0.1, 0.15) is 5.75 Å². The SMILES string of the molecule is C=C1c2cccc(O)c2C(=O)C2C(=O)C3(O)C(=O)C(C(N)=O)C(=O)C(N(C)C)C3C(O)C12. The first-order valence-electron chi connectivity index (χ1n) is 9.91. The topological polar surface area (TPSA) is 175 Å². The second-order valence-electron chi connectivity index (χ2n) is 8.75. The Bertz CT molecular complexity index is 1120. The fraction of sp³-hybridized carbons (Fsp3) is 0.409. The van der Waals surface area contributed by atoms with Crippen molar-refractivity contribution in [2.45, 2.75) is 17.7 Å². The third-order valence-electron chi connectivity index (χ3n) is 6.95. The predicted molar refractivity (Wildman–Crippen MR) is 108 cm³/mol. The van der Waals surface area contributed by atoms with E-state index >= 15 is 0 Å². The van der Waals surface area contributed by atoms with E-state index in [1.165, 1.54) is 37.2 Å². The van der Waals surface area contributed by atoms with Gasteiger partial charge >= 0.3 is 0 Å². The minimum absolute atomic E-state index is 0.151. The number of carbonyl (C=O) groups is 5. The lowest BCUT2D eigenvalue weighted by Crippen LogP contribution is -2.77. The first-order chi connectivity index (χ1) is 14.9. The highest BCUT2D eigenvalue weighted by atomic mass is 16.3. The fourth-order valence-electron chi connectivity index (χ4n) is 5.57. The normalized spacial score (nSPS) is 36.6. The van der Waals surface area contributed by atoms with Crippen molar-refractivity contribution in [1.82, 2.24) is 4.90 Å². The Morgan fingerprint density at radius 2 is 1.78 bits per heavy atom. The molecule has 3 aliphatic rings. The van der Waals surface area contributed by atoms with Crippen LogP contribution in [-0.2, 0) is 19.2 Å². The van der Waals surface area contributed by atoms with Gasteiger partial charge in [-0.25, -0.2) is 0 Å². The zero-order valence-corrected chi connectivity index (χ0v) is 17.3. The van der Waals surface area contributed by atoms with Gasteiger partial charge in [-0.2, -0.15) is 0 Å². The van der Waals surface area contributed by atoms with Crippen molar-refractivity contribution in [3.05, 3.63) is 35.9 Å². The number of rotatable bonds is 2. The summed E-state index contributed by atoms with van der Waals surface area (Å²) < 4.78 is 0. The summed E-state index contributed by atoms with van der Waals surface area (Å²) in [5.74, 6) is -13.1. The zero-order chi connectivity index (χ0) is 23.9. The maximum absolute atomic E-state index is 13.6. The number of nitrogens with two attached hydrogens (primary N) is 1. The summed E-state index contributed by atoms with van der Waals surface area (Å²) in [6, 6.07) is 2.78. The molecule has 10 heteroatoms. The van der Waals surface area contributed by atoms with Gasteiger partial charge in [-0.3, -0.25) is 28.9 Å². The predicted octanol–water partition coefficient (Wildman–Crippen LogP) is -1.69. The number of benzene rings is 1. The van der Waals surface area contributed by atoms with Crippen molar-refractivity contribution in [3.8, 4) is 5.75 Å². The number of aromatic hydroxyl groups is 1. The lowest BCUT2D eigenvalue weighted by Gasteiger charge is -2.55. The number of nitrogens with zero attached hydrogens (tertiary/aromatic N) is 1. The molecular weight excluding hydrogens is 420 g/mol. The van der Waals surface area contributed by atoms with E-state index in [0.29, 0.717) is 0 Å². The monoisotopic (exact) mass is 442 g/mol. The van der Waals surface area contributed by atoms with Gasteiger partial charge in [-0.15, -0.1) is 0 Å². The fourth-order valence-corrected chi connectivity index (χ4v) is 5.57. The number of fused-ring (bicyclic) bond motifs is 3. The number of phenolic OH excluding ortho intramolecular Hbond substituents is 1. The van der Waals surface area contributed by atoms with Crippen LogP contribution < -0.4 is 5.73 Å². The van der Waals surface area contributed by atoms with Gasteiger partial charge in [0.05, 0.1) is 29.5 Å². The minimum Gasteiger partial charge on any atom is -0.507 e. The summed E-state index contributed by atoms with van der Waals surface area (Å²) >= 11 is 0. The number of carbonyl (C=O) groups excluding carboxylic acids is 5. The maximum atomic E-state index is 13.6. The molecule has 0 radical (unpaired) electrons. The number of primary amides is 1. The maximum Gasteiger partial charge on any atom is 0.235 e. The highest BCUT2D eigenvalue weighted by Gasteiger charge is 2.72. The lowest BCUT2D eigenvalue weighted by molar-refractivity contribution is -0.192. The average molecular weight is 442 g/mol. The molecule has 4 rings (SSSR count). The highest BCUT2D eigenvalue weighted by molar-refractivity contribution is 6.33. The van der Waals surface area contributed by atoms with Crippen LogP contribution in [0.4, 0.5) is 0 Å². The molecule has 10 nitrogen and oxygen atoms in total. The van der Waals surface area contributed by atoms with Crippen LogP contribution in [0.2, 0.25) is 0 Å². The molecule has 0 spiro atoms. The van der Waals surface area contributed by atoms with E-state index in [0.717, 1.165) is 0 Å². The van der Waals surface area contributed by atoms with Crippen molar-refractivity contribution in [3.63, 3.8) is 0 Å². The highest BCUT2D eigenvalue weighted by Crippen LogP contribution is 2.53. The first-order valence-corrected chi connectivity index (χ1v) is 9.91. The molecule has 32 heavy (non-hydrogen) atoms. The van der Waals surface area contributed by atoms with E-state index < -0.39 is 76.2 Å². The quantitative estimate of drug-likeness (QED) is 0.389. The van der Waals surface area contributed by atoms with Gasteiger partial charge < -0.3 is 21.1 Å². The molecule has 3 aliphatic carbocycles. The largest absolute Gasteiger partial charge is 0.507 e. The average Bonchev–Trinajstić information content (AvgIpc) is 2.70. The number of likely N-dealkylation sites (N-methyl/N-ethyl adjacent to an activating group) is 1. The van der Waals surface area contributed by atoms with E-state index in [4.69, 9.17) is 5.73 Å². The molecular formula is C22H22N2O8. The molecule has 1 aromatic rings. The Kier molecular flexibility index (Phi) is 4.74. The van der Waals surface area contributed by atoms with Crippen LogP contribution in [0.3, 0.4) is 0 Å². The molecule has 2 fully saturated rings. The Hall–Kier alpha value is -3.21. The molecule has 7 unspecified atom stereocenters. The Morgan fingerprint density at radius 1 is 1.16 bits per heavy atom. The first kappa shape index (κ1) is 22.0. The van der Waals surface area contributed by atoms with E-state index in [1.807, 2.05) is 0 Å². The number of amides is 1. The Labute approximate surface area is 182 Å². The molecule has 2 saturated carbocycles. The lowest BCUT2D eigenvalue weighted by atomic mass is 9.50. The van der Waals surface area contributed by atoms with Crippen LogP contribution in [0.15, 0.2) is 24.8 Å². The van der Waals surface area contributed by atoms with E-state index in [2.05, 4.69) is 6.58 Å². The summed E-state index contributed by atoms with van der Waals surface area (Å²) in [4.78, 5) is 66.2. The summed E-state index contributed by atoms with van der Waals surface area (Å²) in [6.45, 7) is 3.90. The van der Waals surface area contributed by atoms with Gasteiger partial charge in [0.25, 0.3) is 0 Å². The van der Waals surface area contributed by atoms with Crippen LogP contribution in [0.1, 0.15) is 15.9 Å². The van der Waals surface area contributed by atoms with E-state index in [-0.39, 0.29) is 16.7 Å². The molecule has 7 atom stereocenters. The summed E-state index contributed by atoms with van der Waals surface area (Å²) in [7, 11) is 2.85. The van der Waals surface area contributed by atoms with Crippen LogP contribution in [0.5, 0.6) is 5.75 Å². The molecule has 1 amide bonds. The number of phenols is 1. The van der Waals surface area contributed by atoms with Gasteiger partial charge in [-0.1, -0.05) is 18.7 Å². The van der Waals surface area contributed by atoms with Crippen LogP contribution in [0.25, 0.3) is 5.57 Å². The Morgan fingerprint density at radius 3 is 2.34 bits per heavy atom. The summed E-state index contributed by atoms with van der Waals surface area (Å²) in [6.07, 6.45) is -1.72. The van der Waals surface area contributed by atoms with Crippen molar-refractivity contribution < 1.29 is 39.3 Å². The molecule has 0 bridgehead atoms. The molecule has 0 aliphatic heterocycles. The van der Waals surface area contributed by atoms with E-state index in [1.54, 1.807) is 0 Å². The summed E-state index contributed by atoms with van der Waals surface area (Å²) in [5, 5.41) is 33.0. The van der Waals surface area contributed by atoms with Gasteiger partial charge in [-0.05, 0) is 31.3 Å². The number of hydrogen-bond acceptors (Lipinski definition) is 9. The Balaban J connectivity index is 1.97. The zero-order valence-electron chi connectivity index (χ0n) is 17.3. The van der Waals surface area contributed by atoms with E-state index in [9.17, 15) is 39.3 Å². The molecule has 168 valence electrons. The van der Waals surface area contributed by atoms with Gasteiger partial charge in [0, 0.05) is 5.92 Å². The van der Waals surface area contributed by atoms with Crippen molar-refractivity contribution in [2.75, 3.05) is 14.1 Å². The third-order valence-corrected chi connectivity index (χ3v) is 6.95. The summed E-state index contributed by atoms with van der Waals surface area (Å²) in [5.41, 5.74) is 2.38. The standard InChI is InChI=1S/C22H22N2O8/c1-7-8-5-4-6-9(25)11(8)16(26)12-10(7)17(27)14-15(24(2)3)18(28)13(21(23)31)20(30)22(14,32)19(12)29/h4-6,10,12-15,17,25,27,32H,1H2,2-3H3,(H2,23,31). The van der Waals surface area contributed by atoms with Crippen LogP contribution in [0, 0.1) is 23.7 Å². The number of hydrogen-bond donors (Lipinski definition) is 4. The smallest absolute Gasteiger partial charge is 0.235 e. The number of aliphatic hydroxyl groups is 2.